The van der Waals surface area contributed by atoms with E-state index in [2.05, 4.69) is 111 Å². The Hall–Kier alpha value is -2.96. The summed E-state index contributed by atoms with van der Waals surface area (Å²) < 4.78 is 5.91. The number of carbonyl (C=O) groups is 2. The van der Waals surface area contributed by atoms with Gasteiger partial charge in [-0.25, -0.2) is 0 Å². The standard InChI is InChI=1S/C56H97NO5/c1-4-7-10-13-16-19-22-24-26-27-28-29-30-32-34-37-40-43-46-49-56(61)62-52(47-44-41-38-35-33-31-25-23-20-17-14-11-8-5-2)50-55(60)57-53(51-58)54(59)48-45-42-39-36-21-18-15-12-9-6-3/h8,11,16-17,19-20,24-26,28-29,31-32,34,52-54,58-59H,4-7,9-10,12-15,18,21-23,27,30,33,35-51H2,1-3H3,(H,57,60)/b11-8+,19-16-,20-17+,26-24-,29-28-,31-25+,34-32-. The molecule has 1 amide bonds. The number of hydrogen-bond donors (Lipinski definition) is 3. The lowest BCUT2D eigenvalue weighted by Crippen LogP contribution is -2.46. The molecular weight excluding hydrogens is 767 g/mol. The minimum Gasteiger partial charge on any atom is -0.462 e. The molecule has 6 nitrogen and oxygen atoms in total. The molecule has 0 saturated heterocycles. The van der Waals surface area contributed by atoms with Gasteiger partial charge in [0.1, 0.15) is 6.10 Å². The molecule has 3 N–H and O–H groups in total. The molecule has 0 bridgehead atoms. The molecule has 6 heteroatoms. The lowest BCUT2D eigenvalue weighted by Gasteiger charge is -2.24. The SMILES string of the molecule is CC/C=C/C/C=C/C/C=C/CCCCCCC(CC(=O)NC(CO)C(O)CCCCCCCCCCCC)OC(=O)CCCCC/C=C\C/C=C\C/C=C\C/C=C\CCCCC. The van der Waals surface area contributed by atoms with Gasteiger partial charge in [0.25, 0.3) is 0 Å². The fourth-order valence-corrected chi connectivity index (χ4v) is 7.31. The third kappa shape index (κ3) is 43.7. The smallest absolute Gasteiger partial charge is 0.306 e. The van der Waals surface area contributed by atoms with Gasteiger partial charge in [-0.3, -0.25) is 9.59 Å². The Morgan fingerprint density at radius 1 is 0.484 bits per heavy atom. The Balaban J connectivity index is 4.67. The van der Waals surface area contributed by atoms with Gasteiger partial charge in [0.05, 0.1) is 25.2 Å². The Labute approximate surface area is 383 Å². The molecule has 0 spiro atoms. The minimum absolute atomic E-state index is 0.0454. The fraction of sp³-hybridized carbons (Fsp3) is 0.714. The third-order valence-electron chi connectivity index (χ3n) is 11.2. The van der Waals surface area contributed by atoms with Crippen LogP contribution in [0.15, 0.2) is 85.1 Å². The molecule has 0 radical (unpaired) electrons. The van der Waals surface area contributed by atoms with Gasteiger partial charge in [0.15, 0.2) is 0 Å². The van der Waals surface area contributed by atoms with Crippen molar-refractivity contribution >= 4 is 11.9 Å². The van der Waals surface area contributed by atoms with Gasteiger partial charge in [-0.05, 0) is 103 Å². The van der Waals surface area contributed by atoms with Crippen molar-refractivity contribution in [3.05, 3.63) is 85.1 Å². The summed E-state index contributed by atoms with van der Waals surface area (Å²) in [7, 11) is 0. The number of allylic oxidation sites excluding steroid dienone is 14. The molecule has 3 unspecified atom stereocenters. The van der Waals surface area contributed by atoms with Crippen molar-refractivity contribution in [1.29, 1.82) is 0 Å². The van der Waals surface area contributed by atoms with Gasteiger partial charge >= 0.3 is 5.97 Å². The summed E-state index contributed by atoms with van der Waals surface area (Å²) in [4.78, 5) is 26.1. The fourth-order valence-electron chi connectivity index (χ4n) is 7.31. The molecule has 0 fully saturated rings. The predicted molar refractivity (Wildman–Crippen MR) is 268 cm³/mol. The van der Waals surface area contributed by atoms with Crippen molar-refractivity contribution < 1.29 is 24.5 Å². The van der Waals surface area contributed by atoms with Crippen LogP contribution in [0.4, 0.5) is 0 Å². The summed E-state index contributed by atoms with van der Waals surface area (Å²) in [6.07, 6.45) is 63.5. The van der Waals surface area contributed by atoms with Gasteiger partial charge < -0.3 is 20.3 Å². The molecule has 0 aromatic rings. The number of ether oxygens (including phenoxy) is 1. The van der Waals surface area contributed by atoms with Gasteiger partial charge in [0, 0.05) is 6.42 Å². The maximum absolute atomic E-state index is 13.2. The molecule has 0 aromatic carbocycles. The van der Waals surface area contributed by atoms with Crippen LogP contribution in [0.1, 0.15) is 233 Å². The van der Waals surface area contributed by atoms with Crippen LogP contribution in [0.25, 0.3) is 0 Å². The van der Waals surface area contributed by atoms with Crippen molar-refractivity contribution in [2.45, 2.75) is 251 Å². The zero-order valence-corrected chi connectivity index (χ0v) is 40.5. The first-order valence-electron chi connectivity index (χ1n) is 25.8. The van der Waals surface area contributed by atoms with Crippen LogP contribution in [0.3, 0.4) is 0 Å². The first-order valence-corrected chi connectivity index (χ1v) is 25.8. The van der Waals surface area contributed by atoms with Gasteiger partial charge in [-0.1, -0.05) is 202 Å². The number of aliphatic hydroxyl groups is 2. The largest absolute Gasteiger partial charge is 0.462 e. The Kier molecular flexibility index (Phi) is 46.7. The predicted octanol–water partition coefficient (Wildman–Crippen LogP) is 15.6. The molecule has 0 aliphatic heterocycles. The van der Waals surface area contributed by atoms with Gasteiger partial charge in [-0.15, -0.1) is 0 Å². The van der Waals surface area contributed by atoms with E-state index in [1.54, 1.807) is 0 Å². The molecule has 0 saturated carbocycles. The van der Waals surface area contributed by atoms with Crippen molar-refractivity contribution in [3.8, 4) is 0 Å². The zero-order chi connectivity index (χ0) is 45.2. The van der Waals surface area contributed by atoms with Crippen LogP contribution in [-0.2, 0) is 14.3 Å². The van der Waals surface area contributed by atoms with E-state index in [-0.39, 0.29) is 24.9 Å². The number of nitrogens with one attached hydrogen (secondary N) is 1. The highest BCUT2D eigenvalue weighted by Gasteiger charge is 2.24. The van der Waals surface area contributed by atoms with Crippen LogP contribution in [-0.4, -0.2) is 46.9 Å². The maximum atomic E-state index is 13.2. The second-order valence-electron chi connectivity index (χ2n) is 17.2. The Morgan fingerprint density at radius 2 is 0.871 bits per heavy atom. The number of rotatable bonds is 45. The van der Waals surface area contributed by atoms with E-state index in [4.69, 9.17) is 4.74 Å². The van der Waals surface area contributed by atoms with Crippen molar-refractivity contribution in [2.24, 2.45) is 0 Å². The quantitative estimate of drug-likeness (QED) is 0.0322. The zero-order valence-electron chi connectivity index (χ0n) is 40.5. The van der Waals surface area contributed by atoms with Crippen LogP contribution in [0, 0.1) is 0 Å². The number of amides is 1. The lowest BCUT2D eigenvalue weighted by atomic mass is 10.0. The number of unbranched alkanes of at least 4 members (excludes halogenated alkanes) is 19. The lowest BCUT2D eigenvalue weighted by molar-refractivity contribution is -0.151. The molecule has 0 rings (SSSR count). The molecule has 0 aliphatic rings. The van der Waals surface area contributed by atoms with Crippen LogP contribution < -0.4 is 5.32 Å². The molecule has 3 atom stereocenters. The summed E-state index contributed by atoms with van der Waals surface area (Å²) in [6, 6.07) is -0.719. The van der Waals surface area contributed by atoms with Crippen molar-refractivity contribution in [3.63, 3.8) is 0 Å². The first-order chi connectivity index (χ1) is 30.5. The molecule has 62 heavy (non-hydrogen) atoms. The number of aliphatic hydroxyl groups excluding tert-OH is 2. The molecular formula is C56H97NO5. The molecule has 0 heterocycles. The second-order valence-corrected chi connectivity index (χ2v) is 17.2. The Morgan fingerprint density at radius 3 is 1.35 bits per heavy atom. The highest BCUT2D eigenvalue weighted by Crippen LogP contribution is 2.17. The summed E-state index contributed by atoms with van der Waals surface area (Å²) in [5.74, 6) is -0.538. The summed E-state index contributed by atoms with van der Waals surface area (Å²) in [5, 5.41) is 23.7. The van der Waals surface area contributed by atoms with E-state index >= 15 is 0 Å². The topological polar surface area (TPSA) is 95.9 Å². The summed E-state index contributed by atoms with van der Waals surface area (Å²) in [6.45, 7) is 6.31. The normalized spacial score (nSPS) is 14.0. The summed E-state index contributed by atoms with van der Waals surface area (Å²) in [5.41, 5.74) is 0. The number of carbonyl (C=O) groups excluding carboxylic acids is 2. The first kappa shape index (κ1) is 59.0. The van der Waals surface area contributed by atoms with Crippen LogP contribution >= 0.6 is 0 Å². The van der Waals surface area contributed by atoms with Gasteiger partial charge in [-0.2, -0.15) is 0 Å². The van der Waals surface area contributed by atoms with E-state index in [0.29, 0.717) is 19.3 Å². The van der Waals surface area contributed by atoms with E-state index < -0.39 is 18.2 Å². The average Bonchev–Trinajstić information content (AvgIpc) is 3.26. The highest BCUT2D eigenvalue weighted by atomic mass is 16.5. The van der Waals surface area contributed by atoms with E-state index in [1.807, 2.05) is 0 Å². The molecule has 0 aromatic heterocycles. The van der Waals surface area contributed by atoms with Crippen LogP contribution in [0.5, 0.6) is 0 Å². The third-order valence-corrected chi connectivity index (χ3v) is 11.2. The number of hydrogen-bond acceptors (Lipinski definition) is 5. The summed E-state index contributed by atoms with van der Waals surface area (Å²) >= 11 is 0. The van der Waals surface area contributed by atoms with E-state index in [0.717, 1.165) is 116 Å². The monoisotopic (exact) mass is 864 g/mol. The molecule has 356 valence electrons. The van der Waals surface area contributed by atoms with Gasteiger partial charge in [0.2, 0.25) is 5.91 Å². The molecule has 0 aliphatic carbocycles. The Bertz CT molecular complexity index is 1200. The second kappa shape index (κ2) is 49.1. The van der Waals surface area contributed by atoms with Crippen molar-refractivity contribution in [2.75, 3.05) is 6.61 Å². The van der Waals surface area contributed by atoms with E-state index in [1.165, 1.54) is 70.6 Å². The number of esters is 1. The highest BCUT2D eigenvalue weighted by molar-refractivity contribution is 5.77. The average molecular weight is 864 g/mol. The van der Waals surface area contributed by atoms with Crippen LogP contribution in [0.2, 0.25) is 0 Å². The maximum Gasteiger partial charge on any atom is 0.306 e. The van der Waals surface area contributed by atoms with E-state index in [9.17, 15) is 19.8 Å². The van der Waals surface area contributed by atoms with Crippen molar-refractivity contribution in [1.82, 2.24) is 5.32 Å². The minimum atomic E-state index is -0.803.